The molecule has 0 atom stereocenters. The van der Waals surface area contributed by atoms with Crippen molar-refractivity contribution in [3.63, 3.8) is 0 Å². The van der Waals surface area contributed by atoms with Crippen LogP contribution >= 0.6 is 23.2 Å². The maximum absolute atomic E-state index is 12.5. The zero-order chi connectivity index (χ0) is 16.9. The van der Waals surface area contributed by atoms with E-state index in [1.807, 2.05) is 30.3 Å². The van der Waals surface area contributed by atoms with Gasteiger partial charge in [-0.05, 0) is 23.2 Å². The Hall–Kier alpha value is -2.43. The van der Waals surface area contributed by atoms with Crippen LogP contribution in [0.1, 0.15) is 15.9 Å². The summed E-state index contributed by atoms with van der Waals surface area (Å²) in [6.07, 6.45) is 1.40. The molecule has 120 valence electrons. The molecule has 0 spiro atoms. The van der Waals surface area contributed by atoms with Crippen molar-refractivity contribution in [2.45, 2.75) is 6.61 Å². The number of ether oxygens (including phenoxy) is 1. The number of rotatable bonds is 4. The van der Waals surface area contributed by atoms with Crippen molar-refractivity contribution in [2.24, 2.45) is 0 Å². The largest absolute Gasteiger partial charge is 0.457 e. The first-order valence-electron chi connectivity index (χ1n) is 7.13. The fraction of sp³-hybridized carbons (Fsp3) is 0.0556. The maximum Gasteiger partial charge on any atom is 0.339 e. The molecule has 1 heterocycles. The van der Waals surface area contributed by atoms with E-state index in [1.54, 1.807) is 24.3 Å². The van der Waals surface area contributed by atoms with Crippen LogP contribution in [0.3, 0.4) is 0 Å². The molecule has 1 aromatic heterocycles. The Kier molecular flexibility index (Phi) is 5.08. The molecule has 4 nitrogen and oxygen atoms in total. The predicted octanol–water partition coefficient (Wildman–Crippen LogP) is 4.81. The van der Waals surface area contributed by atoms with Crippen LogP contribution in [0.5, 0.6) is 0 Å². The van der Waals surface area contributed by atoms with Gasteiger partial charge < -0.3 is 4.74 Å². The van der Waals surface area contributed by atoms with Gasteiger partial charge in [0.1, 0.15) is 6.61 Å². The zero-order valence-corrected chi connectivity index (χ0v) is 14.0. The second-order valence-corrected chi connectivity index (χ2v) is 5.69. The van der Waals surface area contributed by atoms with Crippen molar-refractivity contribution < 1.29 is 9.53 Å². The van der Waals surface area contributed by atoms with E-state index in [0.29, 0.717) is 21.8 Å². The van der Waals surface area contributed by atoms with E-state index in [-0.39, 0.29) is 11.9 Å². The first-order valence-corrected chi connectivity index (χ1v) is 7.89. The summed E-state index contributed by atoms with van der Waals surface area (Å²) in [6, 6.07) is 16.4. The number of carbonyl (C=O) groups excluding carboxylic acids is 1. The molecular weight excluding hydrogens is 347 g/mol. The first kappa shape index (κ1) is 16.4. The highest BCUT2D eigenvalue weighted by molar-refractivity contribution is 6.34. The fourth-order valence-electron chi connectivity index (χ4n) is 2.20. The Morgan fingerprint density at radius 1 is 1.00 bits per heavy atom. The quantitative estimate of drug-likeness (QED) is 0.496. The van der Waals surface area contributed by atoms with Gasteiger partial charge in [0.25, 0.3) is 0 Å². The smallest absolute Gasteiger partial charge is 0.339 e. The summed E-state index contributed by atoms with van der Waals surface area (Å²) in [5, 5.41) is 0.365. The van der Waals surface area contributed by atoms with Crippen molar-refractivity contribution in [1.82, 2.24) is 9.97 Å². The third-order valence-corrected chi connectivity index (χ3v) is 3.79. The zero-order valence-electron chi connectivity index (χ0n) is 12.4. The Balaban J connectivity index is 1.89. The molecule has 0 amide bonds. The Bertz CT molecular complexity index is 870. The van der Waals surface area contributed by atoms with Gasteiger partial charge in [0.05, 0.1) is 22.5 Å². The lowest BCUT2D eigenvalue weighted by Gasteiger charge is -2.10. The molecule has 0 unspecified atom stereocenters. The summed E-state index contributed by atoms with van der Waals surface area (Å²) in [6.45, 7) is 0.187. The van der Waals surface area contributed by atoms with Crippen LogP contribution in [-0.4, -0.2) is 15.9 Å². The van der Waals surface area contributed by atoms with Crippen LogP contribution in [0.4, 0.5) is 0 Å². The molecular formula is C18H12Cl2N2O2. The SMILES string of the molecule is O=C(OCc1ccccc1)c1ccccc1-c1nc(Cl)ncc1Cl. The molecule has 0 aliphatic carbocycles. The number of aromatic nitrogens is 2. The van der Waals surface area contributed by atoms with Gasteiger partial charge in [-0.2, -0.15) is 0 Å². The van der Waals surface area contributed by atoms with E-state index in [2.05, 4.69) is 9.97 Å². The van der Waals surface area contributed by atoms with Gasteiger partial charge in [0.2, 0.25) is 5.28 Å². The lowest BCUT2D eigenvalue weighted by atomic mass is 10.0. The molecule has 0 bridgehead atoms. The monoisotopic (exact) mass is 358 g/mol. The van der Waals surface area contributed by atoms with Gasteiger partial charge in [-0.15, -0.1) is 0 Å². The number of esters is 1. The van der Waals surface area contributed by atoms with E-state index in [1.165, 1.54) is 6.20 Å². The molecule has 6 heteroatoms. The first-order chi connectivity index (χ1) is 11.6. The van der Waals surface area contributed by atoms with Crippen LogP contribution in [0.15, 0.2) is 60.8 Å². The van der Waals surface area contributed by atoms with Gasteiger partial charge in [-0.3, -0.25) is 0 Å². The molecule has 3 aromatic rings. The van der Waals surface area contributed by atoms with Gasteiger partial charge in [0, 0.05) is 5.56 Å². The number of nitrogens with zero attached hydrogens (tertiary/aromatic N) is 2. The summed E-state index contributed by atoms with van der Waals surface area (Å²) in [5.74, 6) is -0.458. The van der Waals surface area contributed by atoms with Gasteiger partial charge >= 0.3 is 5.97 Å². The van der Waals surface area contributed by atoms with Crippen LogP contribution < -0.4 is 0 Å². The van der Waals surface area contributed by atoms with E-state index < -0.39 is 5.97 Å². The van der Waals surface area contributed by atoms with Crippen LogP contribution in [0.25, 0.3) is 11.3 Å². The van der Waals surface area contributed by atoms with Crippen molar-refractivity contribution in [2.75, 3.05) is 0 Å². The van der Waals surface area contributed by atoms with Gasteiger partial charge in [0.15, 0.2) is 0 Å². The number of hydrogen-bond donors (Lipinski definition) is 0. The number of carbonyl (C=O) groups is 1. The maximum atomic E-state index is 12.5. The highest BCUT2D eigenvalue weighted by Crippen LogP contribution is 2.29. The minimum atomic E-state index is -0.458. The average molecular weight is 359 g/mol. The minimum absolute atomic E-state index is 0.0573. The topological polar surface area (TPSA) is 52.1 Å². The predicted molar refractivity (Wildman–Crippen MR) is 93.0 cm³/mol. The Morgan fingerprint density at radius 2 is 1.71 bits per heavy atom. The number of hydrogen-bond acceptors (Lipinski definition) is 4. The minimum Gasteiger partial charge on any atom is -0.457 e. The number of benzene rings is 2. The molecule has 0 saturated carbocycles. The molecule has 24 heavy (non-hydrogen) atoms. The van der Waals surface area contributed by atoms with Crippen LogP contribution in [-0.2, 0) is 11.3 Å². The van der Waals surface area contributed by atoms with Crippen LogP contribution in [0, 0.1) is 0 Å². The number of halogens is 2. The van der Waals surface area contributed by atoms with E-state index in [4.69, 9.17) is 27.9 Å². The molecule has 2 aromatic carbocycles. The molecule has 0 aliphatic rings. The van der Waals surface area contributed by atoms with Crippen molar-refractivity contribution in [3.05, 3.63) is 82.2 Å². The highest BCUT2D eigenvalue weighted by Gasteiger charge is 2.17. The molecule has 0 radical (unpaired) electrons. The third-order valence-electron chi connectivity index (χ3n) is 3.33. The summed E-state index contributed by atoms with van der Waals surface area (Å²) >= 11 is 12.0. The summed E-state index contributed by atoms with van der Waals surface area (Å²) in [5.41, 5.74) is 2.21. The van der Waals surface area contributed by atoms with Crippen LogP contribution in [0.2, 0.25) is 10.3 Å². The van der Waals surface area contributed by atoms with Crippen molar-refractivity contribution >= 4 is 29.2 Å². The Morgan fingerprint density at radius 3 is 2.50 bits per heavy atom. The highest BCUT2D eigenvalue weighted by atomic mass is 35.5. The van der Waals surface area contributed by atoms with Crippen molar-refractivity contribution in [3.8, 4) is 11.3 Å². The molecule has 0 N–H and O–H groups in total. The third kappa shape index (κ3) is 3.72. The second kappa shape index (κ2) is 7.43. The molecule has 0 aliphatic heterocycles. The normalized spacial score (nSPS) is 10.4. The molecule has 0 fully saturated rings. The van der Waals surface area contributed by atoms with E-state index >= 15 is 0 Å². The fourth-order valence-corrected chi connectivity index (χ4v) is 2.53. The summed E-state index contributed by atoms with van der Waals surface area (Å²) < 4.78 is 5.39. The van der Waals surface area contributed by atoms with E-state index in [0.717, 1.165) is 5.56 Å². The summed E-state index contributed by atoms with van der Waals surface area (Å²) in [7, 11) is 0. The summed E-state index contributed by atoms with van der Waals surface area (Å²) in [4.78, 5) is 20.4. The second-order valence-electron chi connectivity index (χ2n) is 4.94. The average Bonchev–Trinajstić information content (AvgIpc) is 2.62. The van der Waals surface area contributed by atoms with Crippen molar-refractivity contribution in [1.29, 1.82) is 0 Å². The van der Waals surface area contributed by atoms with Gasteiger partial charge in [-0.1, -0.05) is 60.1 Å². The van der Waals surface area contributed by atoms with Gasteiger partial charge in [-0.25, -0.2) is 14.8 Å². The lowest BCUT2D eigenvalue weighted by molar-refractivity contribution is 0.0473. The molecule has 0 saturated heterocycles. The Labute approximate surface area is 149 Å². The van der Waals surface area contributed by atoms with E-state index in [9.17, 15) is 4.79 Å². The molecule has 3 rings (SSSR count). The lowest BCUT2D eigenvalue weighted by Crippen LogP contribution is -2.07. The standard InChI is InChI=1S/C18H12Cl2N2O2/c19-15-10-21-18(20)22-16(15)13-8-4-5-9-14(13)17(23)24-11-12-6-2-1-3-7-12/h1-10H,11H2.